The minimum Gasteiger partial charge on any atom is -0.497 e. The van der Waals surface area contributed by atoms with Crippen molar-refractivity contribution in [1.82, 2.24) is 14.4 Å². The molecule has 5 heteroatoms. The van der Waals surface area contributed by atoms with E-state index in [1.54, 1.807) is 7.11 Å². The third-order valence-electron chi connectivity index (χ3n) is 6.95. The molecule has 0 radical (unpaired) electrons. The van der Waals surface area contributed by atoms with Crippen molar-refractivity contribution >= 4 is 16.7 Å². The molecule has 1 spiro atoms. The summed E-state index contributed by atoms with van der Waals surface area (Å²) >= 11 is 0. The summed E-state index contributed by atoms with van der Waals surface area (Å²) in [5, 5.41) is 1.26. The third-order valence-corrected chi connectivity index (χ3v) is 6.95. The Bertz CT molecular complexity index is 1190. The molecule has 1 aromatic heterocycles. The number of carbonyl (C=O) groups excluding carboxylic acids is 1. The molecule has 0 bridgehead atoms. The standard InChI is InChI=1S/C26H29N3O2/c1-18(28(3)15-19-5-8-24-20(11-19)9-10-27(24)2)29-16-26(17-29)13-21-6-7-22(31-4)12-23(21)25(30)14-26/h5-12H,1,13-17H2,2-4H3. The van der Waals surface area contributed by atoms with Crippen LogP contribution in [-0.4, -0.2) is 47.4 Å². The molecule has 0 atom stereocenters. The first-order chi connectivity index (χ1) is 14.9. The Morgan fingerprint density at radius 2 is 1.97 bits per heavy atom. The average molecular weight is 416 g/mol. The highest BCUT2D eigenvalue weighted by atomic mass is 16.5. The fraction of sp³-hybridized carbons (Fsp3) is 0.346. The molecule has 1 fully saturated rings. The fourth-order valence-corrected chi connectivity index (χ4v) is 5.20. The van der Waals surface area contributed by atoms with E-state index in [9.17, 15) is 4.79 Å². The van der Waals surface area contributed by atoms with Crippen molar-refractivity contribution in [3.63, 3.8) is 0 Å². The van der Waals surface area contributed by atoms with Crippen LogP contribution in [0.1, 0.15) is 27.9 Å². The minimum absolute atomic E-state index is 0.0331. The molecule has 1 aliphatic carbocycles. The first-order valence-corrected chi connectivity index (χ1v) is 10.8. The monoisotopic (exact) mass is 415 g/mol. The van der Waals surface area contributed by atoms with Gasteiger partial charge in [0.15, 0.2) is 5.78 Å². The average Bonchev–Trinajstić information content (AvgIpc) is 3.11. The summed E-state index contributed by atoms with van der Waals surface area (Å²) in [4.78, 5) is 17.3. The van der Waals surface area contributed by atoms with Crippen LogP contribution in [0, 0.1) is 5.41 Å². The van der Waals surface area contributed by atoms with Crippen LogP contribution in [0.15, 0.2) is 61.1 Å². The highest BCUT2D eigenvalue weighted by Crippen LogP contribution is 2.44. The van der Waals surface area contributed by atoms with Crippen molar-refractivity contribution in [1.29, 1.82) is 0 Å². The normalized spacial score (nSPS) is 16.9. The number of aromatic nitrogens is 1. The zero-order chi connectivity index (χ0) is 21.8. The Kier molecular flexibility index (Phi) is 4.58. The molecule has 1 aliphatic heterocycles. The predicted octanol–water partition coefficient (Wildman–Crippen LogP) is 4.22. The van der Waals surface area contributed by atoms with E-state index in [0.717, 1.165) is 48.8 Å². The summed E-state index contributed by atoms with van der Waals surface area (Å²) in [5.41, 5.74) is 4.52. The molecule has 5 nitrogen and oxygen atoms in total. The van der Waals surface area contributed by atoms with Crippen molar-refractivity contribution in [3.05, 3.63) is 77.8 Å². The number of hydrogen-bond donors (Lipinski definition) is 0. The number of ether oxygens (including phenoxy) is 1. The Labute approximate surface area is 183 Å². The lowest BCUT2D eigenvalue weighted by Gasteiger charge is -2.54. The van der Waals surface area contributed by atoms with E-state index in [0.29, 0.717) is 6.42 Å². The van der Waals surface area contributed by atoms with Gasteiger partial charge in [-0.2, -0.15) is 0 Å². The van der Waals surface area contributed by atoms with Gasteiger partial charge in [0, 0.05) is 62.8 Å². The number of methoxy groups -OCH3 is 1. The molecule has 31 heavy (non-hydrogen) atoms. The van der Waals surface area contributed by atoms with E-state index in [1.807, 2.05) is 12.1 Å². The number of likely N-dealkylation sites (tertiary alicyclic amines) is 1. The van der Waals surface area contributed by atoms with Gasteiger partial charge in [0.2, 0.25) is 0 Å². The molecule has 2 aromatic carbocycles. The van der Waals surface area contributed by atoms with Crippen LogP contribution in [0.4, 0.5) is 0 Å². The Hall–Kier alpha value is -3.21. The predicted molar refractivity (Wildman–Crippen MR) is 123 cm³/mol. The maximum atomic E-state index is 12.8. The fourth-order valence-electron chi connectivity index (χ4n) is 5.20. The van der Waals surface area contributed by atoms with Crippen LogP contribution in [0.25, 0.3) is 10.9 Å². The number of rotatable bonds is 5. The minimum atomic E-state index is 0.0331. The van der Waals surface area contributed by atoms with Crippen LogP contribution in [0.2, 0.25) is 0 Å². The van der Waals surface area contributed by atoms with Crippen LogP contribution in [-0.2, 0) is 20.0 Å². The van der Waals surface area contributed by atoms with Gasteiger partial charge in [0.25, 0.3) is 0 Å². The van der Waals surface area contributed by atoms with E-state index in [-0.39, 0.29) is 11.2 Å². The zero-order valence-corrected chi connectivity index (χ0v) is 18.5. The first-order valence-electron chi connectivity index (χ1n) is 10.8. The van der Waals surface area contributed by atoms with Gasteiger partial charge in [-0.3, -0.25) is 4.79 Å². The van der Waals surface area contributed by atoms with Gasteiger partial charge in [-0.05, 0) is 53.3 Å². The quantitative estimate of drug-likeness (QED) is 0.625. The van der Waals surface area contributed by atoms with Gasteiger partial charge in [0.1, 0.15) is 5.75 Å². The number of benzene rings is 2. The molecule has 0 saturated carbocycles. The second kappa shape index (κ2) is 7.19. The van der Waals surface area contributed by atoms with E-state index in [4.69, 9.17) is 4.74 Å². The molecule has 1 saturated heterocycles. The Balaban J connectivity index is 1.24. The SMILES string of the molecule is C=C(N(C)Cc1ccc2c(ccn2C)c1)N1CC2(CC(=O)c3cc(OC)ccc3C2)C1. The number of hydrogen-bond acceptors (Lipinski definition) is 4. The lowest BCUT2D eigenvalue weighted by atomic mass is 9.66. The summed E-state index contributed by atoms with van der Waals surface area (Å²) in [6.07, 6.45) is 3.64. The summed E-state index contributed by atoms with van der Waals surface area (Å²) in [6, 6.07) is 14.7. The highest BCUT2D eigenvalue weighted by Gasteiger charge is 2.48. The number of carbonyl (C=O) groups is 1. The third kappa shape index (κ3) is 3.38. The maximum Gasteiger partial charge on any atom is 0.163 e. The molecular formula is C26H29N3O2. The molecule has 2 aliphatic rings. The maximum absolute atomic E-state index is 12.8. The van der Waals surface area contributed by atoms with E-state index >= 15 is 0 Å². The molecule has 0 N–H and O–H groups in total. The van der Waals surface area contributed by atoms with Gasteiger partial charge in [0.05, 0.1) is 12.9 Å². The molecular weight excluding hydrogens is 386 g/mol. The van der Waals surface area contributed by atoms with Crippen molar-refractivity contribution in [2.75, 3.05) is 27.2 Å². The number of ketones is 1. The molecule has 2 heterocycles. The molecule has 160 valence electrons. The van der Waals surface area contributed by atoms with Crippen molar-refractivity contribution < 1.29 is 9.53 Å². The molecule has 3 aromatic rings. The Morgan fingerprint density at radius 3 is 2.74 bits per heavy atom. The van der Waals surface area contributed by atoms with Crippen molar-refractivity contribution in [2.45, 2.75) is 19.4 Å². The van der Waals surface area contributed by atoms with Gasteiger partial charge in [-0.1, -0.05) is 18.7 Å². The van der Waals surface area contributed by atoms with E-state index < -0.39 is 0 Å². The van der Waals surface area contributed by atoms with Gasteiger partial charge >= 0.3 is 0 Å². The topological polar surface area (TPSA) is 37.7 Å². The first kappa shape index (κ1) is 19.7. The molecule has 5 rings (SSSR count). The van der Waals surface area contributed by atoms with Crippen molar-refractivity contribution in [3.8, 4) is 5.75 Å². The van der Waals surface area contributed by atoms with E-state index in [1.165, 1.54) is 16.5 Å². The molecule has 0 amide bonds. The number of fused-ring (bicyclic) bond motifs is 2. The summed E-state index contributed by atoms with van der Waals surface area (Å²) < 4.78 is 7.43. The van der Waals surface area contributed by atoms with Gasteiger partial charge < -0.3 is 19.1 Å². The van der Waals surface area contributed by atoms with Crippen molar-refractivity contribution in [2.24, 2.45) is 12.5 Å². The van der Waals surface area contributed by atoms with Crippen LogP contribution in [0.3, 0.4) is 0 Å². The second-order valence-electron chi connectivity index (χ2n) is 9.25. The van der Waals surface area contributed by atoms with Gasteiger partial charge in [-0.15, -0.1) is 0 Å². The van der Waals surface area contributed by atoms with Crippen LogP contribution >= 0.6 is 0 Å². The van der Waals surface area contributed by atoms with Crippen LogP contribution < -0.4 is 4.74 Å². The Morgan fingerprint density at radius 1 is 1.16 bits per heavy atom. The zero-order valence-electron chi connectivity index (χ0n) is 18.5. The number of nitrogens with zero attached hydrogens (tertiary/aromatic N) is 3. The summed E-state index contributed by atoms with van der Waals surface area (Å²) in [5.74, 6) is 2.00. The molecule has 0 unspecified atom stereocenters. The summed E-state index contributed by atoms with van der Waals surface area (Å²) in [6.45, 7) is 6.92. The largest absolute Gasteiger partial charge is 0.497 e. The summed E-state index contributed by atoms with van der Waals surface area (Å²) in [7, 11) is 5.80. The van der Waals surface area contributed by atoms with Crippen LogP contribution in [0.5, 0.6) is 5.75 Å². The second-order valence-corrected chi connectivity index (χ2v) is 9.25. The highest BCUT2D eigenvalue weighted by molar-refractivity contribution is 5.99. The smallest absolute Gasteiger partial charge is 0.163 e. The lowest BCUT2D eigenvalue weighted by molar-refractivity contribution is -0.000839. The van der Waals surface area contributed by atoms with E-state index in [2.05, 4.69) is 71.6 Å². The van der Waals surface area contributed by atoms with Gasteiger partial charge in [-0.25, -0.2) is 0 Å². The lowest BCUT2D eigenvalue weighted by Crippen LogP contribution is -2.60. The number of Topliss-reactive ketones (excluding diaryl/α,β-unsaturated/α-hetero) is 1. The number of aryl methyl sites for hydroxylation is 1.